The second-order valence-electron chi connectivity index (χ2n) is 3.78. The molecule has 0 aliphatic heterocycles. The van der Waals surface area contributed by atoms with E-state index >= 15 is 0 Å². The Hall–Kier alpha value is -2.11. The van der Waals surface area contributed by atoms with Gasteiger partial charge >= 0.3 is 0 Å². The molecule has 6 heteroatoms. The van der Waals surface area contributed by atoms with Crippen LogP contribution in [0, 0.1) is 0 Å². The summed E-state index contributed by atoms with van der Waals surface area (Å²) in [5.74, 6) is 2.13. The van der Waals surface area contributed by atoms with Crippen molar-refractivity contribution in [3.05, 3.63) is 30.5 Å². The summed E-state index contributed by atoms with van der Waals surface area (Å²) in [5.41, 5.74) is 0. The lowest BCUT2D eigenvalue weighted by atomic mass is 10.4. The Morgan fingerprint density at radius 2 is 2.28 bits per heavy atom. The number of nitrogens with one attached hydrogen (secondary N) is 2. The van der Waals surface area contributed by atoms with Gasteiger partial charge in [0.2, 0.25) is 11.8 Å². The molecule has 0 aliphatic carbocycles. The first-order valence-corrected chi connectivity index (χ1v) is 6.06. The molecule has 2 N–H and O–H groups in total. The summed E-state index contributed by atoms with van der Waals surface area (Å²) >= 11 is 0. The standard InChI is InChI=1S/C12H17N5O/c1-2-9-18-11-4-6-16-12(17-11)15-5-3-10-13-7-8-14-10/h4,6-8H,2-3,5,9H2,1H3,(H,13,14)(H,15,16,17). The number of hydrogen-bond donors (Lipinski definition) is 2. The van der Waals surface area contributed by atoms with Gasteiger partial charge in [-0.2, -0.15) is 4.98 Å². The Bertz CT molecular complexity index is 457. The summed E-state index contributed by atoms with van der Waals surface area (Å²) in [5, 5.41) is 3.14. The molecule has 0 atom stereocenters. The summed E-state index contributed by atoms with van der Waals surface area (Å²) in [4.78, 5) is 15.6. The summed E-state index contributed by atoms with van der Waals surface area (Å²) < 4.78 is 5.44. The monoisotopic (exact) mass is 247 g/mol. The van der Waals surface area contributed by atoms with E-state index in [9.17, 15) is 0 Å². The fourth-order valence-corrected chi connectivity index (χ4v) is 1.44. The lowest BCUT2D eigenvalue weighted by Gasteiger charge is -2.06. The maximum absolute atomic E-state index is 5.44. The Morgan fingerprint density at radius 3 is 3.06 bits per heavy atom. The SMILES string of the molecule is CCCOc1ccnc(NCCc2ncc[nH]2)n1. The molecule has 0 unspecified atom stereocenters. The van der Waals surface area contributed by atoms with Crippen molar-refractivity contribution >= 4 is 5.95 Å². The predicted octanol–water partition coefficient (Wildman–Crippen LogP) is 1.64. The van der Waals surface area contributed by atoms with Crippen LogP contribution in [0.5, 0.6) is 5.88 Å². The molecule has 96 valence electrons. The average Bonchev–Trinajstić information content (AvgIpc) is 2.90. The Kier molecular flexibility index (Phi) is 4.52. The molecule has 6 nitrogen and oxygen atoms in total. The van der Waals surface area contributed by atoms with Crippen LogP contribution in [0.15, 0.2) is 24.7 Å². The molecule has 2 heterocycles. The van der Waals surface area contributed by atoms with Crippen molar-refractivity contribution in [2.75, 3.05) is 18.5 Å². The van der Waals surface area contributed by atoms with Crippen LogP contribution >= 0.6 is 0 Å². The maximum Gasteiger partial charge on any atom is 0.225 e. The van der Waals surface area contributed by atoms with Crippen molar-refractivity contribution in [1.29, 1.82) is 0 Å². The van der Waals surface area contributed by atoms with Gasteiger partial charge in [-0.1, -0.05) is 6.92 Å². The van der Waals surface area contributed by atoms with Crippen LogP contribution in [0.2, 0.25) is 0 Å². The summed E-state index contributed by atoms with van der Waals surface area (Å²) in [6, 6.07) is 1.76. The number of aromatic amines is 1. The Balaban J connectivity index is 1.81. The minimum absolute atomic E-state index is 0.579. The number of hydrogen-bond acceptors (Lipinski definition) is 5. The molecule has 0 aromatic carbocycles. The first-order chi connectivity index (χ1) is 8.88. The van der Waals surface area contributed by atoms with E-state index in [1.165, 1.54) is 0 Å². The lowest BCUT2D eigenvalue weighted by Crippen LogP contribution is -2.09. The molecule has 2 rings (SSSR count). The maximum atomic E-state index is 5.44. The molecule has 0 fully saturated rings. The number of ether oxygens (including phenoxy) is 1. The second-order valence-corrected chi connectivity index (χ2v) is 3.78. The van der Waals surface area contributed by atoms with E-state index in [0.717, 1.165) is 25.2 Å². The normalized spacial score (nSPS) is 10.3. The van der Waals surface area contributed by atoms with E-state index in [2.05, 4.69) is 32.2 Å². The van der Waals surface area contributed by atoms with Gasteiger partial charge < -0.3 is 15.0 Å². The molecule has 0 radical (unpaired) electrons. The molecule has 0 bridgehead atoms. The van der Waals surface area contributed by atoms with Crippen LogP contribution in [-0.2, 0) is 6.42 Å². The Labute approximate surface area is 106 Å². The first kappa shape index (κ1) is 12.3. The fourth-order valence-electron chi connectivity index (χ4n) is 1.44. The zero-order chi connectivity index (χ0) is 12.6. The van der Waals surface area contributed by atoms with Crippen molar-refractivity contribution in [2.24, 2.45) is 0 Å². The molecule has 18 heavy (non-hydrogen) atoms. The molecular weight excluding hydrogens is 230 g/mol. The predicted molar refractivity (Wildman–Crippen MR) is 68.6 cm³/mol. The molecule has 0 saturated heterocycles. The first-order valence-electron chi connectivity index (χ1n) is 6.06. The second kappa shape index (κ2) is 6.58. The van der Waals surface area contributed by atoms with Gasteiger partial charge in [0.1, 0.15) is 5.82 Å². The molecular formula is C12H17N5O. The van der Waals surface area contributed by atoms with Crippen LogP contribution in [0.25, 0.3) is 0 Å². The topological polar surface area (TPSA) is 75.7 Å². The number of H-pyrrole nitrogens is 1. The van der Waals surface area contributed by atoms with E-state index in [4.69, 9.17) is 4.74 Å². The van der Waals surface area contributed by atoms with Gasteiger partial charge in [-0.05, 0) is 6.42 Å². The highest BCUT2D eigenvalue weighted by atomic mass is 16.5. The number of nitrogens with zero attached hydrogens (tertiary/aromatic N) is 3. The van der Waals surface area contributed by atoms with Crippen molar-refractivity contribution in [2.45, 2.75) is 19.8 Å². The third kappa shape index (κ3) is 3.73. The van der Waals surface area contributed by atoms with Crippen molar-refractivity contribution in [3.63, 3.8) is 0 Å². The van der Waals surface area contributed by atoms with Crippen LogP contribution in [0.4, 0.5) is 5.95 Å². The highest BCUT2D eigenvalue weighted by molar-refractivity contribution is 5.27. The zero-order valence-corrected chi connectivity index (χ0v) is 10.4. The van der Waals surface area contributed by atoms with Gasteiger partial charge in [-0.3, -0.25) is 0 Å². The molecule has 0 saturated carbocycles. The van der Waals surface area contributed by atoms with Crippen LogP contribution in [0.3, 0.4) is 0 Å². The third-order valence-electron chi connectivity index (χ3n) is 2.28. The molecule has 0 amide bonds. The molecule has 0 aliphatic rings. The highest BCUT2D eigenvalue weighted by Gasteiger charge is 2.00. The van der Waals surface area contributed by atoms with Gasteiger partial charge in [-0.25, -0.2) is 9.97 Å². The third-order valence-corrected chi connectivity index (χ3v) is 2.28. The van der Waals surface area contributed by atoms with Crippen LogP contribution in [-0.4, -0.2) is 33.1 Å². The Morgan fingerprint density at radius 1 is 1.33 bits per heavy atom. The van der Waals surface area contributed by atoms with E-state index in [1.807, 2.05) is 6.20 Å². The van der Waals surface area contributed by atoms with E-state index in [0.29, 0.717) is 18.4 Å². The minimum atomic E-state index is 0.579. The largest absolute Gasteiger partial charge is 0.478 e. The van der Waals surface area contributed by atoms with Crippen molar-refractivity contribution < 1.29 is 4.74 Å². The number of imidazole rings is 1. The summed E-state index contributed by atoms with van der Waals surface area (Å²) in [6.45, 7) is 3.46. The fraction of sp³-hybridized carbons (Fsp3) is 0.417. The summed E-state index contributed by atoms with van der Waals surface area (Å²) in [6.07, 6.45) is 7.00. The van der Waals surface area contributed by atoms with Crippen molar-refractivity contribution in [1.82, 2.24) is 19.9 Å². The molecule has 2 aromatic heterocycles. The van der Waals surface area contributed by atoms with Gasteiger partial charge in [-0.15, -0.1) is 0 Å². The molecule has 2 aromatic rings. The van der Waals surface area contributed by atoms with Gasteiger partial charge in [0.25, 0.3) is 0 Å². The quantitative estimate of drug-likeness (QED) is 0.778. The summed E-state index contributed by atoms with van der Waals surface area (Å²) in [7, 11) is 0. The number of anilines is 1. The van der Waals surface area contributed by atoms with E-state index < -0.39 is 0 Å². The van der Waals surface area contributed by atoms with Crippen molar-refractivity contribution in [3.8, 4) is 5.88 Å². The van der Waals surface area contributed by atoms with Gasteiger partial charge in [0, 0.05) is 37.6 Å². The number of rotatable bonds is 7. The van der Waals surface area contributed by atoms with E-state index in [1.54, 1.807) is 18.5 Å². The lowest BCUT2D eigenvalue weighted by molar-refractivity contribution is 0.305. The van der Waals surface area contributed by atoms with Crippen LogP contribution in [0.1, 0.15) is 19.2 Å². The average molecular weight is 247 g/mol. The van der Waals surface area contributed by atoms with Crippen LogP contribution < -0.4 is 10.1 Å². The molecule has 0 spiro atoms. The number of aromatic nitrogens is 4. The van der Waals surface area contributed by atoms with E-state index in [-0.39, 0.29) is 0 Å². The van der Waals surface area contributed by atoms with Gasteiger partial charge in [0.15, 0.2) is 0 Å². The highest BCUT2D eigenvalue weighted by Crippen LogP contribution is 2.08. The van der Waals surface area contributed by atoms with Gasteiger partial charge in [0.05, 0.1) is 6.61 Å². The minimum Gasteiger partial charge on any atom is -0.478 e. The smallest absolute Gasteiger partial charge is 0.225 e. The zero-order valence-electron chi connectivity index (χ0n) is 10.4.